The number of hydrogen-bond acceptors (Lipinski definition) is 2. The molecule has 80 valence electrons. The Morgan fingerprint density at radius 3 is 2.29 bits per heavy atom. The number of aryl methyl sites for hydroxylation is 1. The predicted molar refractivity (Wildman–Crippen MR) is 65.2 cm³/mol. The van der Waals surface area contributed by atoms with E-state index in [4.69, 9.17) is 0 Å². The van der Waals surface area contributed by atoms with Gasteiger partial charge in [0.2, 0.25) is 0 Å². The SMILES string of the molecule is Cc1cc(C(C)C(C)NC(C)C)cs1. The summed E-state index contributed by atoms with van der Waals surface area (Å²) in [7, 11) is 0. The van der Waals surface area contributed by atoms with Crippen molar-refractivity contribution >= 4 is 11.3 Å². The van der Waals surface area contributed by atoms with Crippen LogP contribution < -0.4 is 5.32 Å². The number of rotatable bonds is 4. The number of hydrogen-bond donors (Lipinski definition) is 1. The molecule has 14 heavy (non-hydrogen) atoms. The third-order valence-electron chi connectivity index (χ3n) is 2.62. The fourth-order valence-electron chi connectivity index (χ4n) is 1.66. The van der Waals surface area contributed by atoms with Crippen molar-refractivity contribution in [2.24, 2.45) is 0 Å². The Labute approximate surface area is 91.5 Å². The van der Waals surface area contributed by atoms with Crippen molar-refractivity contribution < 1.29 is 0 Å². The summed E-state index contributed by atoms with van der Waals surface area (Å²) in [5.41, 5.74) is 1.47. The van der Waals surface area contributed by atoms with E-state index < -0.39 is 0 Å². The predicted octanol–water partition coefficient (Wildman–Crippen LogP) is 3.55. The van der Waals surface area contributed by atoms with Crippen molar-refractivity contribution in [1.82, 2.24) is 5.32 Å². The maximum atomic E-state index is 3.55. The van der Waals surface area contributed by atoms with Gasteiger partial charge in [0.25, 0.3) is 0 Å². The highest BCUT2D eigenvalue weighted by Crippen LogP contribution is 2.24. The highest BCUT2D eigenvalue weighted by molar-refractivity contribution is 7.10. The van der Waals surface area contributed by atoms with Crippen LogP contribution in [0.15, 0.2) is 11.4 Å². The molecule has 0 aliphatic rings. The molecule has 0 aromatic carbocycles. The number of nitrogens with one attached hydrogen (secondary N) is 1. The van der Waals surface area contributed by atoms with Gasteiger partial charge in [-0.1, -0.05) is 20.8 Å². The molecule has 0 radical (unpaired) electrons. The quantitative estimate of drug-likeness (QED) is 0.803. The zero-order valence-corrected chi connectivity index (χ0v) is 10.6. The van der Waals surface area contributed by atoms with Gasteiger partial charge in [0.15, 0.2) is 0 Å². The average Bonchev–Trinajstić information content (AvgIpc) is 2.49. The first-order valence-corrected chi connectivity index (χ1v) is 6.19. The van der Waals surface area contributed by atoms with E-state index in [0.29, 0.717) is 18.0 Å². The standard InChI is InChI=1S/C12H21NS/c1-8(2)13-11(5)10(4)12-6-9(3)14-7-12/h6-8,10-11,13H,1-5H3. The molecule has 0 amide bonds. The van der Waals surface area contributed by atoms with Crippen LogP contribution in [0.5, 0.6) is 0 Å². The molecule has 0 spiro atoms. The van der Waals surface area contributed by atoms with E-state index in [1.165, 1.54) is 10.4 Å². The van der Waals surface area contributed by atoms with E-state index >= 15 is 0 Å². The van der Waals surface area contributed by atoms with Gasteiger partial charge in [-0.25, -0.2) is 0 Å². The molecule has 1 aromatic rings. The molecule has 1 N–H and O–H groups in total. The Morgan fingerprint density at radius 1 is 1.21 bits per heavy atom. The first-order chi connectivity index (χ1) is 6.50. The highest BCUT2D eigenvalue weighted by Gasteiger charge is 2.15. The molecule has 1 rings (SSSR count). The van der Waals surface area contributed by atoms with Crippen molar-refractivity contribution in [3.63, 3.8) is 0 Å². The summed E-state index contributed by atoms with van der Waals surface area (Å²) in [4.78, 5) is 1.41. The zero-order valence-electron chi connectivity index (χ0n) is 9.79. The molecule has 1 nitrogen and oxygen atoms in total. The van der Waals surface area contributed by atoms with Crippen LogP contribution in [-0.4, -0.2) is 12.1 Å². The Hall–Kier alpha value is -0.340. The topological polar surface area (TPSA) is 12.0 Å². The Bertz CT molecular complexity index is 278. The lowest BCUT2D eigenvalue weighted by molar-refractivity contribution is 0.440. The van der Waals surface area contributed by atoms with Crippen LogP contribution in [-0.2, 0) is 0 Å². The van der Waals surface area contributed by atoms with Gasteiger partial charge in [-0.05, 0) is 36.8 Å². The largest absolute Gasteiger partial charge is 0.311 e. The monoisotopic (exact) mass is 211 g/mol. The molecular weight excluding hydrogens is 190 g/mol. The normalized spacial score (nSPS) is 15.9. The first-order valence-electron chi connectivity index (χ1n) is 5.31. The second-order valence-electron chi connectivity index (χ2n) is 4.39. The molecular formula is C12H21NS. The van der Waals surface area contributed by atoms with Crippen LogP contribution in [0, 0.1) is 6.92 Å². The molecule has 0 aliphatic heterocycles. The number of thiophene rings is 1. The van der Waals surface area contributed by atoms with Gasteiger partial charge in [-0.3, -0.25) is 0 Å². The Balaban J connectivity index is 2.60. The highest BCUT2D eigenvalue weighted by atomic mass is 32.1. The Kier molecular flexibility index (Phi) is 4.14. The van der Waals surface area contributed by atoms with Crippen LogP contribution in [0.25, 0.3) is 0 Å². The van der Waals surface area contributed by atoms with Gasteiger partial charge in [0.1, 0.15) is 0 Å². The van der Waals surface area contributed by atoms with Crippen LogP contribution in [0.1, 0.15) is 44.1 Å². The van der Waals surface area contributed by atoms with E-state index in [0.717, 1.165) is 0 Å². The van der Waals surface area contributed by atoms with Gasteiger partial charge in [-0.15, -0.1) is 11.3 Å². The molecule has 0 saturated heterocycles. The summed E-state index contributed by atoms with van der Waals surface area (Å²) in [5, 5.41) is 5.83. The lowest BCUT2D eigenvalue weighted by atomic mass is 9.96. The van der Waals surface area contributed by atoms with E-state index in [1.54, 1.807) is 0 Å². The summed E-state index contributed by atoms with van der Waals surface area (Å²) in [5.74, 6) is 0.599. The van der Waals surface area contributed by atoms with Crippen molar-refractivity contribution in [1.29, 1.82) is 0 Å². The van der Waals surface area contributed by atoms with Crippen LogP contribution in [0.3, 0.4) is 0 Å². The van der Waals surface area contributed by atoms with Gasteiger partial charge in [0.05, 0.1) is 0 Å². The first kappa shape index (κ1) is 11.7. The van der Waals surface area contributed by atoms with Crippen molar-refractivity contribution in [3.05, 3.63) is 21.9 Å². The molecule has 0 bridgehead atoms. The molecule has 2 unspecified atom stereocenters. The maximum absolute atomic E-state index is 3.55. The summed E-state index contributed by atoms with van der Waals surface area (Å²) < 4.78 is 0. The summed E-state index contributed by atoms with van der Waals surface area (Å²) >= 11 is 1.84. The van der Waals surface area contributed by atoms with Crippen LogP contribution in [0.2, 0.25) is 0 Å². The molecule has 0 aliphatic carbocycles. The smallest absolute Gasteiger partial charge is 0.0107 e. The summed E-state index contributed by atoms with van der Waals surface area (Å²) in [6.45, 7) is 11.1. The van der Waals surface area contributed by atoms with Crippen LogP contribution >= 0.6 is 11.3 Å². The van der Waals surface area contributed by atoms with Gasteiger partial charge < -0.3 is 5.32 Å². The fraction of sp³-hybridized carbons (Fsp3) is 0.667. The maximum Gasteiger partial charge on any atom is 0.0107 e. The fourth-order valence-corrected chi connectivity index (χ4v) is 2.47. The summed E-state index contributed by atoms with van der Waals surface area (Å²) in [6.07, 6.45) is 0. The molecule has 0 saturated carbocycles. The third kappa shape index (κ3) is 3.10. The van der Waals surface area contributed by atoms with E-state index in [1.807, 2.05) is 11.3 Å². The van der Waals surface area contributed by atoms with Crippen LogP contribution in [0.4, 0.5) is 0 Å². The second-order valence-corrected chi connectivity index (χ2v) is 5.50. The minimum atomic E-state index is 0.545. The Morgan fingerprint density at radius 2 is 1.86 bits per heavy atom. The van der Waals surface area contributed by atoms with Gasteiger partial charge in [0, 0.05) is 17.0 Å². The minimum absolute atomic E-state index is 0.545. The van der Waals surface area contributed by atoms with Crippen molar-refractivity contribution in [3.8, 4) is 0 Å². The van der Waals surface area contributed by atoms with Gasteiger partial charge in [-0.2, -0.15) is 0 Å². The molecule has 1 aromatic heterocycles. The van der Waals surface area contributed by atoms with E-state index in [9.17, 15) is 0 Å². The third-order valence-corrected chi connectivity index (χ3v) is 3.50. The molecule has 2 atom stereocenters. The van der Waals surface area contributed by atoms with Crippen molar-refractivity contribution in [2.45, 2.75) is 52.6 Å². The molecule has 2 heteroatoms. The van der Waals surface area contributed by atoms with E-state index in [2.05, 4.69) is 51.4 Å². The van der Waals surface area contributed by atoms with Gasteiger partial charge >= 0.3 is 0 Å². The van der Waals surface area contributed by atoms with E-state index in [-0.39, 0.29) is 0 Å². The lowest BCUT2D eigenvalue weighted by Crippen LogP contribution is -2.35. The lowest BCUT2D eigenvalue weighted by Gasteiger charge is -2.23. The summed E-state index contributed by atoms with van der Waals surface area (Å²) in [6, 6.07) is 3.41. The molecule has 1 heterocycles. The van der Waals surface area contributed by atoms with Crippen molar-refractivity contribution in [2.75, 3.05) is 0 Å². The average molecular weight is 211 g/mol. The minimum Gasteiger partial charge on any atom is -0.311 e. The molecule has 0 fully saturated rings. The second kappa shape index (κ2) is 4.94. The zero-order chi connectivity index (χ0) is 10.7.